The van der Waals surface area contributed by atoms with E-state index in [9.17, 15) is 0 Å². The first-order valence-corrected chi connectivity index (χ1v) is 6.11. The molecule has 0 amide bonds. The molecule has 1 aromatic carbocycles. The molecule has 0 atom stereocenters. The van der Waals surface area contributed by atoms with Crippen molar-refractivity contribution in [3.63, 3.8) is 0 Å². The van der Waals surface area contributed by atoms with Gasteiger partial charge in [-0.1, -0.05) is 17.3 Å². The maximum atomic E-state index is 5.38. The molecule has 1 saturated heterocycles. The van der Waals surface area contributed by atoms with Gasteiger partial charge in [-0.3, -0.25) is 0 Å². The molecular formula is C13H15N3O3. The van der Waals surface area contributed by atoms with Crippen LogP contribution in [-0.4, -0.2) is 35.3 Å². The highest BCUT2D eigenvalue weighted by atomic mass is 16.7. The lowest BCUT2D eigenvalue weighted by Gasteiger charge is -2.04. The third-order valence-electron chi connectivity index (χ3n) is 2.90. The van der Waals surface area contributed by atoms with Crippen molar-refractivity contribution in [1.82, 2.24) is 15.0 Å². The zero-order valence-electron chi connectivity index (χ0n) is 10.7. The Bertz CT molecular complexity index is 550. The first kappa shape index (κ1) is 12.1. The second-order valence-corrected chi connectivity index (χ2v) is 4.27. The number of hydrogen-bond acceptors (Lipinski definition) is 5. The molecule has 1 aliphatic heterocycles. The van der Waals surface area contributed by atoms with Crippen molar-refractivity contribution in [2.24, 2.45) is 0 Å². The maximum Gasteiger partial charge on any atom is 0.204 e. The van der Waals surface area contributed by atoms with E-state index in [1.54, 1.807) is 11.8 Å². The molecule has 2 heterocycles. The minimum Gasteiger partial charge on any atom is -0.497 e. The van der Waals surface area contributed by atoms with Crippen molar-refractivity contribution in [3.8, 4) is 5.75 Å². The van der Waals surface area contributed by atoms with Crippen LogP contribution in [0.5, 0.6) is 5.75 Å². The molecule has 0 radical (unpaired) electrons. The monoisotopic (exact) mass is 261 g/mol. The third-order valence-corrected chi connectivity index (χ3v) is 2.90. The number of aromatic nitrogens is 3. The van der Waals surface area contributed by atoms with E-state index in [1.165, 1.54) is 0 Å². The van der Waals surface area contributed by atoms with Gasteiger partial charge in [0.1, 0.15) is 11.4 Å². The van der Waals surface area contributed by atoms with Crippen LogP contribution < -0.4 is 4.74 Å². The highest BCUT2D eigenvalue weighted by Gasteiger charge is 2.21. The van der Waals surface area contributed by atoms with E-state index in [-0.39, 0.29) is 6.29 Å². The molecule has 3 rings (SSSR count). The van der Waals surface area contributed by atoms with Crippen molar-refractivity contribution < 1.29 is 14.2 Å². The first-order chi connectivity index (χ1) is 9.35. The summed E-state index contributed by atoms with van der Waals surface area (Å²) in [5.74, 6) is 0.834. The standard InChI is InChI=1S/C13H15N3O3/c1-17-11-4-2-3-10(7-11)8-16-9-12(14-15-16)13-18-5-6-19-13/h2-4,7,9,13H,5-6,8H2,1H3. The van der Waals surface area contributed by atoms with Crippen LogP contribution in [0.2, 0.25) is 0 Å². The van der Waals surface area contributed by atoms with Gasteiger partial charge in [0.2, 0.25) is 6.29 Å². The van der Waals surface area contributed by atoms with Gasteiger partial charge in [0.25, 0.3) is 0 Å². The summed E-state index contributed by atoms with van der Waals surface area (Å²) >= 11 is 0. The fourth-order valence-corrected chi connectivity index (χ4v) is 1.99. The summed E-state index contributed by atoms with van der Waals surface area (Å²) in [7, 11) is 1.65. The number of hydrogen-bond donors (Lipinski definition) is 0. The third kappa shape index (κ3) is 2.74. The van der Waals surface area contributed by atoms with Gasteiger partial charge in [0.15, 0.2) is 0 Å². The lowest BCUT2D eigenvalue weighted by molar-refractivity contribution is -0.0473. The average molecular weight is 261 g/mol. The largest absolute Gasteiger partial charge is 0.497 e. The Morgan fingerprint density at radius 3 is 3.00 bits per heavy atom. The quantitative estimate of drug-likeness (QED) is 0.832. The lowest BCUT2D eigenvalue weighted by Crippen LogP contribution is -2.01. The van der Waals surface area contributed by atoms with Gasteiger partial charge in [-0.25, -0.2) is 4.68 Å². The van der Waals surface area contributed by atoms with Crippen molar-refractivity contribution in [2.75, 3.05) is 20.3 Å². The molecule has 0 saturated carbocycles. The second-order valence-electron chi connectivity index (χ2n) is 4.27. The van der Waals surface area contributed by atoms with Crippen LogP contribution in [0.4, 0.5) is 0 Å². The van der Waals surface area contributed by atoms with Crippen LogP contribution in [0.25, 0.3) is 0 Å². The summed E-state index contributed by atoms with van der Waals surface area (Å²) in [6.45, 7) is 1.84. The normalized spacial score (nSPS) is 15.8. The van der Waals surface area contributed by atoms with Crippen LogP contribution >= 0.6 is 0 Å². The number of ether oxygens (including phenoxy) is 3. The van der Waals surface area contributed by atoms with E-state index < -0.39 is 0 Å². The fourth-order valence-electron chi connectivity index (χ4n) is 1.99. The summed E-state index contributed by atoms with van der Waals surface area (Å²) in [5, 5.41) is 8.15. The van der Waals surface area contributed by atoms with Crippen molar-refractivity contribution in [3.05, 3.63) is 41.7 Å². The van der Waals surface area contributed by atoms with Gasteiger partial charge >= 0.3 is 0 Å². The Labute approximate surface area is 110 Å². The molecule has 0 spiro atoms. The topological polar surface area (TPSA) is 58.4 Å². The highest BCUT2D eigenvalue weighted by molar-refractivity contribution is 5.28. The number of methoxy groups -OCH3 is 1. The predicted octanol–water partition coefficient (Wildman–Crippen LogP) is 1.38. The molecule has 0 aliphatic carbocycles. The van der Waals surface area contributed by atoms with Gasteiger partial charge in [-0.05, 0) is 17.7 Å². The van der Waals surface area contributed by atoms with Crippen LogP contribution in [-0.2, 0) is 16.0 Å². The molecule has 1 aliphatic rings. The molecule has 1 aromatic heterocycles. The SMILES string of the molecule is COc1cccc(Cn2cc(C3OCCO3)nn2)c1. The number of rotatable bonds is 4. The Balaban J connectivity index is 1.72. The minimum absolute atomic E-state index is 0.376. The van der Waals surface area contributed by atoms with Gasteiger partial charge in [0.05, 0.1) is 33.1 Å². The molecule has 0 unspecified atom stereocenters. The molecule has 0 N–H and O–H groups in total. The summed E-state index contributed by atoms with van der Waals surface area (Å²) < 4.78 is 17.7. The smallest absolute Gasteiger partial charge is 0.204 e. The van der Waals surface area contributed by atoms with Crippen LogP contribution in [0.3, 0.4) is 0 Å². The van der Waals surface area contributed by atoms with Crippen molar-refractivity contribution in [2.45, 2.75) is 12.8 Å². The Morgan fingerprint density at radius 2 is 2.21 bits per heavy atom. The predicted molar refractivity (Wildman–Crippen MR) is 66.8 cm³/mol. The summed E-state index contributed by atoms with van der Waals surface area (Å²) in [5.41, 5.74) is 1.81. The Kier molecular flexibility index (Phi) is 3.43. The molecule has 2 aromatic rings. The van der Waals surface area contributed by atoms with E-state index >= 15 is 0 Å². The maximum absolute atomic E-state index is 5.38. The molecule has 0 bridgehead atoms. The Morgan fingerprint density at radius 1 is 1.37 bits per heavy atom. The van der Waals surface area contributed by atoms with Crippen molar-refractivity contribution in [1.29, 1.82) is 0 Å². The minimum atomic E-state index is -0.376. The van der Waals surface area contributed by atoms with Gasteiger partial charge < -0.3 is 14.2 Å². The van der Waals surface area contributed by atoms with Gasteiger partial charge in [0, 0.05) is 0 Å². The van der Waals surface area contributed by atoms with E-state index in [2.05, 4.69) is 10.3 Å². The van der Waals surface area contributed by atoms with E-state index in [0.717, 1.165) is 11.3 Å². The van der Waals surface area contributed by atoms with Crippen LogP contribution in [0, 0.1) is 0 Å². The van der Waals surface area contributed by atoms with E-state index in [1.807, 2.05) is 30.5 Å². The lowest BCUT2D eigenvalue weighted by atomic mass is 10.2. The molecular weight excluding hydrogens is 246 g/mol. The zero-order valence-corrected chi connectivity index (χ0v) is 10.7. The zero-order chi connectivity index (χ0) is 13.1. The van der Waals surface area contributed by atoms with Crippen LogP contribution in [0.15, 0.2) is 30.5 Å². The molecule has 19 heavy (non-hydrogen) atoms. The average Bonchev–Trinajstić information content (AvgIpc) is 3.09. The molecule has 6 heteroatoms. The van der Waals surface area contributed by atoms with Gasteiger partial charge in [-0.15, -0.1) is 5.10 Å². The van der Waals surface area contributed by atoms with Gasteiger partial charge in [-0.2, -0.15) is 0 Å². The Hall–Kier alpha value is -1.92. The number of nitrogens with zero attached hydrogens (tertiary/aromatic N) is 3. The fraction of sp³-hybridized carbons (Fsp3) is 0.385. The van der Waals surface area contributed by atoms with Crippen LogP contribution in [0.1, 0.15) is 17.5 Å². The highest BCUT2D eigenvalue weighted by Crippen LogP contribution is 2.21. The summed E-state index contributed by atoms with van der Waals surface area (Å²) in [4.78, 5) is 0. The number of benzene rings is 1. The molecule has 100 valence electrons. The molecule has 6 nitrogen and oxygen atoms in total. The van der Waals surface area contributed by atoms with E-state index in [4.69, 9.17) is 14.2 Å². The summed E-state index contributed by atoms with van der Waals surface area (Å²) in [6.07, 6.45) is 1.47. The summed E-state index contributed by atoms with van der Waals surface area (Å²) in [6, 6.07) is 7.86. The first-order valence-electron chi connectivity index (χ1n) is 6.11. The van der Waals surface area contributed by atoms with E-state index in [0.29, 0.717) is 25.5 Å². The van der Waals surface area contributed by atoms with Crippen molar-refractivity contribution >= 4 is 0 Å². The molecule has 1 fully saturated rings. The second kappa shape index (κ2) is 5.38.